The molecule has 2 aromatic rings. The van der Waals surface area contributed by atoms with Gasteiger partial charge in [-0.2, -0.15) is 0 Å². The van der Waals surface area contributed by atoms with Crippen molar-refractivity contribution in [1.82, 2.24) is 14.6 Å². The Bertz CT molecular complexity index is 680. The van der Waals surface area contributed by atoms with E-state index in [1.54, 1.807) is 18.2 Å². The minimum atomic E-state index is -3.08. The van der Waals surface area contributed by atoms with Crippen LogP contribution in [0.2, 0.25) is 5.15 Å². The Labute approximate surface area is 103 Å². The van der Waals surface area contributed by atoms with Gasteiger partial charge in [0.1, 0.15) is 10.4 Å². The van der Waals surface area contributed by atoms with Crippen molar-refractivity contribution in [1.29, 1.82) is 0 Å². The van der Waals surface area contributed by atoms with Crippen LogP contribution in [0.25, 0.3) is 5.65 Å². The van der Waals surface area contributed by atoms with Gasteiger partial charge in [0.15, 0.2) is 21.3 Å². The molecule has 0 amide bonds. The average Bonchev–Trinajstić information content (AvgIpc) is 2.81. The lowest BCUT2D eigenvalue weighted by atomic mass is 10.2. The van der Waals surface area contributed by atoms with E-state index in [1.165, 1.54) is 4.52 Å². The predicted molar refractivity (Wildman–Crippen MR) is 63.8 cm³/mol. The quantitative estimate of drug-likeness (QED) is 0.740. The van der Waals surface area contributed by atoms with Gasteiger partial charge in [-0.15, -0.1) is 5.10 Å². The maximum absolute atomic E-state index is 11.8. The van der Waals surface area contributed by atoms with E-state index in [4.69, 9.17) is 11.6 Å². The van der Waals surface area contributed by atoms with Crippen LogP contribution in [0.15, 0.2) is 18.2 Å². The molecule has 0 aromatic carbocycles. The lowest BCUT2D eigenvalue weighted by Gasteiger charge is -2.02. The number of fused-ring (bicyclic) bond motifs is 1. The number of hydrogen-bond acceptors (Lipinski definition) is 4. The monoisotopic (exact) mass is 271 g/mol. The highest BCUT2D eigenvalue weighted by Crippen LogP contribution is 2.33. The van der Waals surface area contributed by atoms with Gasteiger partial charge < -0.3 is 0 Å². The first-order chi connectivity index (χ1) is 8.08. The Balaban J connectivity index is 2.16. The SMILES string of the molecule is O=S1(=O)CCCC1c1nc2cccc(Cl)n2n1. The molecule has 1 fully saturated rings. The Hall–Kier alpha value is -1.14. The van der Waals surface area contributed by atoms with Crippen molar-refractivity contribution in [2.75, 3.05) is 5.75 Å². The Morgan fingerprint density at radius 1 is 1.41 bits per heavy atom. The number of sulfone groups is 1. The minimum Gasteiger partial charge on any atom is -0.228 e. The Morgan fingerprint density at radius 3 is 2.88 bits per heavy atom. The van der Waals surface area contributed by atoms with Crippen LogP contribution in [0, 0.1) is 0 Å². The summed E-state index contributed by atoms with van der Waals surface area (Å²) >= 11 is 5.96. The van der Waals surface area contributed by atoms with Gasteiger partial charge in [0.2, 0.25) is 0 Å². The van der Waals surface area contributed by atoms with Crippen LogP contribution in [0.4, 0.5) is 0 Å². The predicted octanol–water partition coefficient (Wildman–Crippen LogP) is 1.63. The summed E-state index contributed by atoms with van der Waals surface area (Å²) in [4.78, 5) is 4.24. The van der Waals surface area contributed by atoms with E-state index >= 15 is 0 Å². The molecule has 7 heteroatoms. The second-order valence-corrected chi connectivity index (χ2v) is 6.78. The molecule has 0 aliphatic carbocycles. The summed E-state index contributed by atoms with van der Waals surface area (Å²) in [5.41, 5.74) is 0.578. The van der Waals surface area contributed by atoms with Crippen molar-refractivity contribution in [3.63, 3.8) is 0 Å². The first kappa shape index (κ1) is 11.0. The molecule has 1 atom stereocenters. The van der Waals surface area contributed by atoms with Gasteiger partial charge in [0.25, 0.3) is 0 Å². The van der Waals surface area contributed by atoms with Crippen molar-refractivity contribution in [3.05, 3.63) is 29.2 Å². The van der Waals surface area contributed by atoms with Gasteiger partial charge in [-0.25, -0.2) is 17.9 Å². The van der Waals surface area contributed by atoms with E-state index in [1.807, 2.05) is 0 Å². The Morgan fingerprint density at radius 2 is 2.24 bits per heavy atom. The lowest BCUT2D eigenvalue weighted by molar-refractivity contribution is 0.588. The van der Waals surface area contributed by atoms with Crippen LogP contribution < -0.4 is 0 Å². The highest BCUT2D eigenvalue weighted by molar-refractivity contribution is 7.91. The summed E-state index contributed by atoms with van der Waals surface area (Å²) in [5, 5.41) is 4.04. The summed E-state index contributed by atoms with van der Waals surface area (Å²) in [7, 11) is -3.08. The van der Waals surface area contributed by atoms with Crippen molar-refractivity contribution in [2.24, 2.45) is 0 Å². The minimum absolute atomic E-state index is 0.223. The second kappa shape index (κ2) is 3.68. The fourth-order valence-corrected chi connectivity index (χ4v) is 4.11. The molecule has 0 radical (unpaired) electrons. The van der Waals surface area contributed by atoms with Crippen molar-refractivity contribution in [3.8, 4) is 0 Å². The maximum Gasteiger partial charge on any atom is 0.169 e. The highest BCUT2D eigenvalue weighted by atomic mass is 35.5. The molecule has 1 aliphatic heterocycles. The second-order valence-electron chi connectivity index (χ2n) is 4.09. The van der Waals surface area contributed by atoms with Gasteiger partial charge in [0.05, 0.1) is 5.75 Å². The van der Waals surface area contributed by atoms with Crippen molar-refractivity contribution >= 4 is 27.1 Å². The molecule has 0 spiro atoms. The molecular weight excluding hydrogens is 262 g/mol. The number of halogens is 1. The third-order valence-corrected chi connectivity index (χ3v) is 5.40. The fraction of sp³-hybridized carbons (Fsp3) is 0.400. The van der Waals surface area contributed by atoms with Gasteiger partial charge in [0, 0.05) is 0 Å². The van der Waals surface area contributed by atoms with Crippen LogP contribution >= 0.6 is 11.6 Å². The van der Waals surface area contributed by atoms with E-state index in [9.17, 15) is 8.42 Å². The summed E-state index contributed by atoms with van der Waals surface area (Å²) in [6, 6.07) is 5.21. The zero-order valence-corrected chi connectivity index (χ0v) is 10.4. The molecule has 1 aliphatic rings. The van der Waals surface area contributed by atoms with Crippen LogP contribution in [0.1, 0.15) is 23.9 Å². The summed E-state index contributed by atoms with van der Waals surface area (Å²) in [6.07, 6.45) is 1.27. The lowest BCUT2D eigenvalue weighted by Crippen LogP contribution is -2.09. The van der Waals surface area contributed by atoms with Crippen LogP contribution in [-0.2, 0) is 9.84 Å². The molecule has 0 bridgehead atoms. The van der Waals surface area contributed by atoms with Gasteiger partial charge >= 0.3 is 0 Å². The van der Waals surface area contributed by atoms with Crippen LogP contribution in [0.3, 0.4) is 0 Å². The first-order valence-electron chi connectivity index (χ1n) is 5.31. The third-order valence-electron chi connectivity index (χ3n) is 2.95. The summed E-state index contributed by atoms with van der Waals surface area (Å²) in [5.74, 6) is 0.580. The standard InChI is InChI=1S/C10H10ClN3O2S/c11-8-4-1-5-9-12-10(13-14(8)9)7-3-2-6-17(7,15)16/h1,4-5,7H,2-3,6H2. The fourth-order valence-electron chi connectivity index (χ4n) is 2.11. The molecular formula is C10H10ClN3O2S. The molecule has 17 heavy (non-hydrogen) atoms. The topological polar surface area (TPSA) is 64.3 Å². The van der Waals surface area contributed by atoms with Gasteiger partial charge in [-0.05, 0) is 25.0 Å². The molecule has 5 nitrogen and oxygen atoms in total. The summed E-state index contributed by atoms with van der Waals surface area (Å²) in [6.45, 7) is 0. The van der Waals surface area contributed by atoms with Crippen LogP contribution in [-0.4, -0.2) is 28.8 Å². The van der Waals surface area contributed by atoms with Crippen molar-refractivity contribution in [2.45, 2.75) is 18.1 Å². The number of hydrogen-bond donors (Lipinski definition) is 0. The normalized spacial score (nSPS) is 23.2. The zero-order valence-electron chi connectivity index (χ0n) is 8.88. The smallest absolute Gasteiger partial charge is 0.169 e. The van der Waals surface area contributed by atoms with Crippen LogP contribution in [0.5, 0.6) is 0 Å². The number of nitrogens with zero attached hydrogens (tertiary/aromatic N) is 3. The highest BCUT2D eigenvalue weighted by Gasteiger charge is 2.35. The molecule has 1 saturated heterocycles. The molecule has 3 rings (SSSR count). The maximum atomic E-state index is 11.8. The molecule has 2 aromatic heterocycles. The molecule has 90 valence electrons. The molecule has 3 heterocycles. The third kappa shape index (κ3) is 1.71. The average molecular weight is 272 g/mol. The number of aromatic nitrogens is 3. The largest absolute Gasteiger partial charge is 0.228 e. The number of pyridine rings is 1. The van der Waals surface area contributed by atoms with E-state index in [2.05, 4.69) is 10.1 Å². The number of rotatable bonds is 1. The Kier molecular flexibility index (Phi) is 2.38. The molecule has 0 N–H and O–H groups in total. The van der Waals surface area contributed by atoms with E-state index in [0.717, 1.165) is 0 Å². The van der Waals surface area contributed by atoms with E-state index in [0.29, 0.717) is 29.5 Å². The van der Waals surface area contributed by atoms with Crippen molar-refractivity contribution < 1.29 is 8.42 Å². The zero-order chi connectivity index (χ0) is 12.0. The molecule has 1 unspecified atom stereocenters. The summed E-state index contributed by atoms with van der Waals surface area (Å²) < 4.78 is 25.1. The van der Waals surface area contributed by atoms with Gasteiger partial charge in [-0.3, -0.25) is 0 Å². The van der Waals surface area contributed by atoms with E-state index in [-0.39, 0.29) is 5.75 Å². The van der Waals surface area contributed by atoms with Gasteiger partial charge in [-0.1, -0.05) is 17.7 Å². The first-order valence-corrected chi connectivity index (χ1v) is 7.40. The molecule has 0 saturated carbocycles. The van der Waals surface area contributed by atoms with E-state index < -0.39 is 15.1 Å².